The van der Waals surface area contributed by atoms with Crippen molar-refractivity contribution in [1.29, 1.82) is 0 Å². The van der Waals surface area contributed by atoms with Gasteiger partial charge in [0.05, 0.1) is 34.3 Å². The Kier molecular flexibility index (Phi) is 3.54. The van der Waals surface area contributed by atoms with Gasteiger partial charge in [-0.15, -0.1) is 0 Å². The molecule has 2 aromatic heterocycles. The van der Waals surface area contributed by atoms with Gasteiger partial charge in [-0.3, -0.25) is 9.20 Å². The highest BCUT2D eigenvalue weighted by Crippen LogP contribution is 2.26. The molecule has 4 aromatic rings. The van der Waals surface area contributed by atoms with Crippen LogP contribution in [-0.2, 0) is 0 Å². The Balaban J connectivity index is 1.76. The highest BCUT2D eigenvalue weighted by atomic mass is 35.5. The number of carbonyl (C=O) groups excluding carboxylic acids is 1. The van der Waals surface area contributed by atoms with Gasteiger partial charge in [0.15, 0.2) is 0 Å². The first-order chi connectivity index (χ1) is 12.0. The van der Waals surface area contributed by atoms with E-state index in [1.807, 2.05) is 29.5 Å². The second-order valence-electron chi connectivity index (χ2n) is 5.74. The first-order valence-electron chi connectivity index (χ1n) is 7.62. The molecule has 0 bridgehead atoms. The van der Waals surface area contributed by atoms with Crippen molar-refractivity contribution in [3.05, 3.63) is 65.1 Å². The van der Waals surface area contributed by atoms with Gasteiger partial charge in [-0.25, -0.2) is 9.97 Å². The zero-order valence-electron chi connectivity index (χ0n) is 13.3. The molecule has 25 heavy (non-hydrogen) atoms. The quantitative estimate of drug-likeness (QED) is 0.577. The molecule has 124 valence electrons. The molecule has 2 heterocycles. The Morgan fingerprint density at radius 2 is 2.08 bits per heavy atom. The average molecular weight is 352 g/mol. The number of fused-ring (bicyclic) bond motifs is 3. The SMILES string of the molecule is Cc1cccc(Cl)c1NC(=O)c1ccc2c(c1)nc(N)c1cncn12. The third kappa shape index (κ3) is 2.56. The first-order valence-corrected chi connectivity index (χ1v) is 8.00. The molecule has 0 aliphatic carbocycles. The molecule has 0 radical (unpaired) electrons. The fourth-order valence-electron chi connectivity index (χ4n) is 2.80. The van der Waals surface area contributed by atoms with Crippen molar-refractivity contribution in [2.24, 2.45) is 0 Å². The fraction of sp³-hybridized carbons (Fsp3) is 0.0556. The summed E-state index contributed by atoms with van der Waals surface area (Å²) in [7, 11) is 0. The summed E-state index contributed by atoms with van der Waals surface area (Å²) in [6, 6.07) is 10.7. The van der Waals surface area contributed by atoms with Crippen molar-refractivity contribution in [3.8, 4) is 0 Å². The zero-order chi connectivity index (χ0) is 17.6. The van der Waals surface area contributed by atoms with E-state index in [9.17, 15) is 4.79 Å². The van der Waals surface area contributed by atoms with E-state index in [0.29, 0.717) is 27.6 Å². The van der Waals surface area contributed by atoms with Crippen LogP contribution in [0.2, 0.25) is 5.02 Å². The Morgan fingerprint density at radius 3 is 2.88 bits per heavy atom. The van der Waals surface area contributed by atoms with Gasteiger partial charge in [0.1, 0.15) is 11.3 Å². The van der Waals surface area contributed by atoms with E-state index in [1.165, 1.54) is 0 Å². The molecule has 0 aliphatic rings. The van der Waals surface area contributed by atoms with E-state index in [4.69, 9.17) is 17.3 Å². The number of anilines is 2. The van der Waals surface area contributed by atoms with E-state index >= 15 is 0 Å². The molecule has 0 aliphatic heterocycles. The predicted octanol–water partition coefficient (Wildman–Crippen LogP) is 3.68. The summed E-state index contributed by atoms with van der Waals surface area (Å²) in [4.78, 5) is 21.1. The summed E-state index contributed by atoms with van der Waals surface area (Å²) in [5.41, 5.74) is 10.1. The highest BCUT2D eigenvalue weighted by Gasteiger charge is 2.13. The van der Waals surface area contributed by atoms with Crippen LogP contribution in [0.25, 0.3) is 16.6 Å². The van der Waals surface area contributed by atoms with E-state index in [0.717, 1.165) is 16.6 Å². The number of rotatable bonds is 2. The lowest BCUT2D eigenvalue weighted by molar-refractivity contribution is 0.102. The van der Waals surface area contributed by atoms with Crippen molar-refractivity contribution in [2.45, 2.75) is 6.92 Å². The normalized spacial score (nSPS) is 11.1. The fourth-order valence-corrected chi connectivity index (χ4v) is 3.07. The molecule has 0 saturated heterocycles. The molecule has 1 amide bonds. The number of carbonyl (C=O) groups is 1. The Labute approximate surface area is 148 Å². The predicted molar refractivity (Wildman–Crippen MR) is 99.0 cm³/mol. The van der Waals surface area contributed by atoms with E-state index < -0.39 is 0 Å². The topological polar surface area (TPSA) is 85.3 Å². The Morgan fingerprint density at radius 1 is 1.24 bits per heavy atom. The van der Waals surface area contributed by atoms with Crippen LogP contribution in [0.3, 0.4) is 0 Å². The molecule has 0 fully saturated rings. The second-order valence-corrected chi connectivity index (χ2v) is 6.14. The molecule has 0 saturated carbocycles. The molecule has 6 nitrogen and oxygen atoms in total. The van der Waals surface area contributed by atoms with Gasteiger partial charge in [0.25, 0.3) is 5.91 Å². The van der Waals surface area contributed by atoms with Gasteiger partial charge in [0.2, 0.25) is 0 Å². The van der Waals surface area contributed by atoms with Gasteiger partial charge >= 0.3 is 0 Å². The maximum Gasteiger partial charge on any atom is 0.255 e. The van der Waals surface area contributed by atoms with Crippen molar-refractivity contribution < 1.29 is 4.79 Å². The van der Waals surface area contributed by atoms with Gasteiger partial charge in [0, 0.05) is 5.56 Å². The number of para-hydroxylation sites is 1. The maximum atomic E-state index is 12.6. The number of aryl methyl sites for hydroxylation is 1. The summed E-state index contributed by atoms with van der Waals surface area (Å²) in [6.07, 6.45) is 3.32. The summed E-state index contributed by atoms with van der Waals surface area (Å²) >= 11 is 6.18. The van der Waals surface area contributed by atoms with Crippen LogP contribution in [0.4, 0.5) is 11.5 Å². The smallest absolute Gasteiger partial charge is 0.255 e. The van der Waals surface area contributed by atoms with Crippen LogP contribution in [0.1, 0.15) is 15.9 Å². The summed E-state index contributed by atoms with van der Waals surface area (Å²) < 4.78 is 1.84. The summed E-state index contributed by atoms with van der Waals surface area (Å²) in [5, 5.41) is 3.35. The molecule has 0 unspecified atom stereocenters. The number of aromatic nitrogens is 3. The third-order valence-electron chi connectivity index (χ3n) is 4.10. The average Bonchev–Trinajstić information content (AvgIpc) is 3.08. The lowest BCUT2D eigenvalue weighted by atomic mass is 10.1. The number of nitrogens with two attached hydrogens (primary N) is 1. The molecule has 0 atom stereocenters. The van der Waals surface area contributed by atoms with Gasteiger partial charge < -0.3 is 11.1 Å². The number of benzene rings is 2. The van der Waals surface area contributed by atoms with Crippen LogP contribution in [-0.4, -0.2) is 20.3 Å². The summed E-state index contributed by atoms with van der Waals surface area (Å²) in [6.45, 7) is 1.89. The lowest BCUT2D eigenvalue weighted by Crippen LogP contribution is -2.13. The van der Waals surface area contributed by atoms with E-state index in [-0.39, 0.29) is 5.91 Å². The van der Waals surface area contributed by atoms with Crippen molar-refractivity contribution in [2.75, 3.05) is 11.1 Å². The molecule has 0 spiro atoms. The standard InChI is InChI=1S/C18H14ClN5O/c1-10-3-2-4-12(19)16(10)23-18(25)11-5-6-14-13(7-11)22-17(20)15-8-21-9-24(14)15/h2-9H,1H3,(H2,20,22)(H,23,25). The highest BCUT2D eigenvalue weighted by molar-refractivity contribution is 6.34. The number of hydrogen-bond acceptors (Lipinski definition) is 4. The number of nitrogen functional groups attached to an aromatic ring is 1. The van der Waals surface area contributed by atoms with Crippen molar-refractivity contribution in [3.63, 3.8) is 0 Å². The van der Waals surface area contributed by atoms with Gasteiger partial charge in [-0.2, -0.15) is 0 Å². The van der Waals surface area contributed by atoms with Gasteiger partial charge in [-0.05, 0) is 36.8 Å². The van der Waals surface area contributed by atoms with Crippen LogP contribution in [0.5, 0.6) is 0 Å². The van der Waals surface area contributed by atoms with Crippen molar-refractivity contribution in [1.82, 2.24) is 14.4 Å². The minimum absolute atomic E-state index is 0.260. The van der Waals surface area contributed by atoms with Crippen LogP contribution in [0, 0.1) is 6.92 Å². The number of halogens is 1. The first kappa shape index (κ1) is 15.4. The molecule has 2 aromatic carbocycles. The summed E-state index contributed by atoms with van der Waals surface area (Å²) in [5.74, 6) is 0.105. The van der Waals surface area contributed by atoms with Crippen LogP contribution >= 0.6 is 11.6 Å². The minimum atomic E-state index is -0.260. The number of hydrogen-bond donors (Lipinski definition) is 2. The molecule has 7 heteroatoms. The number of imidazole rings is 1. The largest absolute Gasteiger partial charge is 0.382 e. The molecular formula is C18H14ClN5O. The zero-order valence-corrected chi connectivity index (χ0v) is 14.1. The van der Waals surface area contributed by atoms with E-state index in [2.05, 4.69) is 15.3 Å². The lowest BCUT2D eigenvalue weighted by Gasteiger charge is -2.11. The molecular weight excluding hydrogens is 338 g/mol. The number of nitrogens with one attached hydrogen (secondary N) is 1. The van der Waals surface area contributed by atoms with Gasteiger partial charge in [-0.1, -0.05) is 23.7 Å². The minimum Gasteiger partial charge on any atom is -0.382 e. The third-order valence-corrected chi connectivity index (χ3v) is 4.41. The van der Waals surface area contributed by atoms with Crippen molar-refractivity contribution >= 4 is 45.6 Å². The Hall–Kier alpha value is -3.12. The maximum absolute atomic E-state index is 12.6. The monoisotopic (exact) mass is 351 g/mol. The number of amides is 1. The number of nitrogens with zero attached hydrogens (tertiary/aromatic N) is 3. The van der Waals surface area contributed by atoms with E-state index in [1.54, 1.807) is 30.7 Å². The van der Waals surface area contributed by atoms with Crippen LogP contribution in [0.15, 0.2) is 48.9 Å². The molecule has 4 rings (SSSR count). The Bertz CT molecular complexity index is 1110. The second kappa shape index (κ2) is 5.75. The van der Waals surface area contributed by atoms with Crippen LogP contribution < -0.4 is 11.1 Å². The molecule has 3 N–H and O–H groups in total.